The van der Waals surface area contributed by atoms with Gasteiger partial charge in [0.2, 0.25) is 0 Å². The van der Waals surface area contributed by atoms with Gasteiger partial charge < -0.3 is 11.5 Å². The van der Waals surface area contributed by atoms with E-state index in [-0.39, 0.29) is 11.9 Å². The molecule has 0 amide bonds. The average Bonchev–Trinajstić information content (AvgIpc) is 2.18. The van der Waals surface area contributed by atoms with Crippen LogP contribution < -0.4 is 11.5 Å². The first-order valence-electron chi connectivity index (χ1n) is 4.55. The molecule has 4 N–H and O–H groups in total. The number of rotatable bonds is 4. The Labute approximate surface area is 91.6 Å². The summed E-state index contributed by atoms with van der Waals surface area (Å²) < 4.78 is 13.4. The molecule has 0 aliphatic heterocycles. The molecule has 14 heavy (non-hydrogen) atoms. The molecular weight excluding hydrogens is 247 g/mol. The lowest BCUT2D eigenvalue weighted by molar-refractivity contribution is 0.603. The molecule has 0 fully saturated rings. The highest BCUT2D eigenvalue weighted by atomic mass is 79.9. The van der Waals surface area contributed by atoms with E-state index in [0.717, 1.165) is 18.4 Å². The second-order valence-electron chi connectivity index (χ2n) is 3.21. The van der Waals surface area contributed by atoms with Gasteiger partial charge in [0.05, 0.1) is 4.47 Å². The van der Waals surface area contributed by atoms with E-state index in [1.165, 1.54) is 6.07 Å². The molecule has 0 heterocycles. The van der Waals surface area contributed by atoms with Crippen molar-refractivity contribution in [1.29, 1.82) is 0 Å². The van der Waals surface area contributed by atoms with Crippen LogP contribution in [0, 0.1) is 5.82 Å². The van der Waals surface area contributed by atoms with Crippen LogP contribution in [0.15, 0.2) is 22.7 Å². The van der Waals surface area contributed by atoms with Crippen molar-refractivity contribution >= 4 is 15.9 Å². The van der Waals surface area contributed by atoms with Crippen LogP contribution in [0.4, 0.5) is 4.39 Å². The third-order valence-electron chi connectivity index (χ3n) is 2.09. The van der Waals surface area contributed by atoms with Crippen LogP contribution in [0.1, 0.15) is 24.4 Å². The van der Waals surface area contributed by atoms with Gasteiger partial charge in [-0.05, 0) is 53.0 Å². The quantitative estimate of drug-likeness (QED) is 0.873. The number of hydrogen-bond acceptors (Lipinski definition) is 2. The molecule has 78 valence electrons. The molecule has 0 radical (unpaired) electrons. The van der Waals surface area contributed by atoms with E-state index in [4.69, 9.17) is 11.5 Å². The summed E-state index contributed by atoms with van der Waals surface area (Å²) in [7, 11) is 0. The van der Waals surface area contributed by atoms with Crippen molar-refractivity contribution in [3.05, 3.63) is 34.1 Å². The zero-order valence-electron chi connectivity index (χ0n) is 7.84. The van der Waals surface area contributed by atoms with Crippen molar-refractivity contribution in [1.82, 2.24) is 0 Å². The second-order valence-corrected chi connectivity index (χ2v) is 4.07. The summed E-state index contributed by atoms with van der Waals surface area (Å²) >= 11 is 3.13. The van der Waals surface area contributed by atoms with Gasteiger partial charge in [0.25, 0.3) is 0 Å². The molecule has 0 aromatic heterocycles. The number of nitrogens with two attached hydrogens (primary N) is 2. The van der Waals surface area contributed by atoms with Crippen molar-refractivity contribution in [3.8, 4) is 0 Å². The second kappa shape index (κ2) is 5.44. The molecule has 0 aliphatic rings. The normalized spacial score (nSPS) is 12.9. The van der Waals surface area contributed by atoms with E-state index >= 15 is 0 Å². The maximum Gasteiger partial charge on any atom is 0.137 e. The highest BCUT2D eigenvalue weighted by Gasteiger charge is 2.07. The summed E-state index contributed by atoms with van der Waals surface area (Å²) in [5, 5.41) is 0. The largest absolute Gasteiger partial charge is 0.330 e. The van der Waals surface area contributed by atoms with E-state index < -0.39 is 0 Å². The van der Waals surface area contributed by atoms with Crippen molar-refractivity contribution in [2.75, 3.05) is 6.54 Å². The minimum atomic E-state index is -0.264. The number of benzene rings is 1. The lowest BCUT2D eigenvalue weighted by atomic mass is 10.0. The zero-order valence-corrected chi connectivity index (χ0v) is 9.43. The summed E-state index contributed by atoms with van der Waals surface area (Å²) in [5.41, 5.74) is 12.2. The van der Waals surface area contributed by atoms with Crippen LogP contribution in [0.5, 0.6) is 0 Å². The first-order valence-corrected chi connectivity index (χ1v) is 5.35. The minimum absolute atomic E-state index is 0.0598. The molecule has 0 saturated heterocycles. The minimum Gasteiger partial charge on any atom is -0.330 e. The van der Waals surface area contributed by atoms with E-state index in [9.17, 15) is 4.39 Å². The maximum absolute atomic E-state index is 12.9. The van der Waals surface area contributed by atoms with Crippen LogP contribution in [0.25, 0.3) is 0 Å². The predicted molar refractivity (Wildman–Crippen MR) is 59.3 cm³/mol. The summed E-state index contributed by atoms with van der Waals surface area (Å²) in [4.78, 5) is 0. The maximum atomic E-state index is 12.9. The smallest absolute Gasteiger partial charge is 0.137 e. The summed E-state index contributed by atoms with van der Waals surface area (Å²) in [5.74, 6) is -0.264. The topological polar surface area (TPSA) is 52.0 Å². The molecule has 0 aliphatic carbocycles. The van der Waals surface area contributed by atoms with Gasteiger partial charge >= 0.3 is 0 Å². The highest BCUT2D eigenvalue weighted by molar-refractivity contribution is 9.10. The fourth-order valence-electron chi connectivity index (χ4n) is 1.25. The van der Waals surface area contributed by atoms with Crippen LogP contribution >= 0.6 is 15.9 Å². The molecule has 1 aromatic carbocycles. The lowest BCUT2D eigenvalue weighted by Gasteiger charge is -2.11. The lowest BCUT2D eigenvalue weighted by Crippen LogP contribution is -2.12. The third kappa shape index (κ3) is 3.04. The fourth-order valence-corrected chi connectivity index (χ4v) is 1.64. The van der Waals surface area contributed by atoms with Crippen LogP contribution in [-0.4, -0.2) is 6.54 Å². The Morgan fingerprint density at radius 2 is 2.14 bits per heavy atom. The van der Waals surface area contributed by atoms with Gasteiger partial charge in [0.1, 0.15) is 5.82 Å². The Morgan fingerprint density at radius 1 is 1.43 bits per heavy atom. The van der Waals surface area contributed by atoms with E-state index in [1.54, 1.807) is 12.1 Å². The van der Waals surface area contributed by atoms with E-state index in [1.807, 2.05) is 0 Å². The number of halogens is 2. The highest BCUT2D eigenvalue weighted by Crippen LogP contribution is 2.22. The van der Waals surface area contributed by atoms with Crippen molar-refractivity contribution < 1.29 is 4.39 Å². The molecular formula is C10H14BrFN2. The van der Waals surface area contributed by atoms with Crippen molar-refractivity contribution in [3.63, 3.8) is 0 Å². The molecule has 0 saturated carbocycles. The van der Waals surface area contributed by atoms with Crippen LogP contribution in [0.2, 0.25) is 0 Å². The summed E-state index contributed by atoms with van der Waals surface area (Å²) in [6, 6.07) is 4.79. The molecule has 0 spiro atoms. The van der Waals surface area contributed by atoms with Gasteiger partial charge in [-0.3, -0.25) is 0 Å². The standard InChI is InChI=1S/C10H14BrFN2/c11-8-6-7(3-4-9(8)12)10(14)2-1-5-13/h3-4,6,10H,1-2,5,13-14H2/t10-/m1/s1. The summed E-state index contributed by atoms with van der Waals surface area (Å²) in [6.45, 7) is 0.635. The summed E-state index contributed by atoms with van der Waals surface area (Å²) in [6.07, 6.45) is 1.71. The van der Waals surface area contributed by atoms with Gasteiger partial charge in [-0.1, -0.05) is 6.07 Å². The van der Waals surface area contributed by atoms with Gasteiger partial charge in [0, 0.05) is 6.04 Å². The SMILES string of the molecule is NCCC[C@@H](N)c1ccc(F)c(Br)c1. The van der Waals surface area contributed by atoms with Crippen molar-refractivity contribution in [2.45, 2.75) is 18.9 Å². The number of hydrogen-bond donors (Lipinski definition) is 2. The predicted octanol–water partition coefficient (Wildman–Crippen LogP) is 2.33. The molecule has 0 bridgehead atoms. The van der Waals surface area contributed by atoms with Gasteiger partial charge in [0.15, 0.2) is 0 Å². The zero-order chi connectivity index (χ0) is 10.6. The molecule has 2 nitrogen and oxygen atoms in total. The van der Waals surface area contributed by atoms with E-state index in [0.29, 0.717) is 11.0 Å². The van der Waals surface area contributed by atoms with Crippen LogP contribution in [0.3, 0.4) is 0 Å². The first kappa shape index (κ1) is 11.6. The van der Waals surface area contributed by atoms with Crippen molar-refractivity contribution in [2.24, 2.45) is 11.5 Å². The molecule has 1 atom stereocenters. The molecule has 4 heteroatoms. The van der Waals surface area contributed by atoms with Crippen LogP contribution in [-0.2, 0) is 0 Å². The Morgan fingerprint density at radius 3 is 2.71 bits per heavy atom. The fraction of sp³-hybridized carbons (Fsp3) is 0.400. The van der Waals surface area contributed by atoms with Gasteiger partial charge in [-0.2, -0.15) is 0 Å². The average molecular weight is 261 g/mol. The Kier molecular flexibility index (Phi) is 4.51. The van der Waals surface area contributed by atoms with Gasteiger partial charge in [-0.25, -0.2) is 4.39 Å². The first-order chi connectivity index (χ1) is 6.65. The molecule has 0 unspecified atom stereocenters. The Bertz CT molecular complexity index is 304. The monoisotopic (exact) mass is 260 g/mol. The third-order valence-corrected chi connectivity index (χ3v) is 2.70. The van der Waals surface area contributed by atoms with E-state index in [2.05, 4.69) is 15.9 Å². The van der Waals surface area contributed by atoms with Gasteiger partial charge in [-0.15, -0.1) is 0 Å². The molecule has 1 rings (SSSR count). The molecule has 1 aromatic rings. The Balaban J connectivity index is 2.70. The Hall–Kier alpha value is -0.450.